The highest BCUT2D eigenvalue weighted by atomic mass is 16.5. The van der Waals surface area contributed by atoms with Crippen LogP contribution in [-0.2, 0) is 0 Å². The molecule has 0 aliphatic rings. The molecular formula is C15H18N2O2. The van der Waals surface area contributed by atoms with Gasteiger partial charge in [0.05, 0.1) is 12.1 Å². The molecule has 0 aliphatic carbocycles. The number of nitrogens with two attached hydrogens (primary N) is 1. The van der Waals surface area contributed by atoms with E-state index in [1.165, 1.54) is 12.8 Å². The highest BCUT2D eigenvalue weighted by Crippen LogP contribution is 2.20. The maximum absolute atomic E-state index is 11.0. The molecule has 0 unspecified atom stereocenters. The number of unbranched alkanes of at least 4 members (excludes halogenated alkanes) is 2. The first-order valence-corrected chi connectivity index (χ1v) is 6.54. The van der Waals surface area contributed by atoms with Crippen molar-refractivity contribution in [3.63, 3.8) is 0 Å². The third kappa shape index (κ3) is 3.44. The highest BCUT2D eigenvalue weighted by Gasteiger charge is 2.04. The molecule has 0 spiro atoms. The number of carbonyl (C=O) groups excluding carboxylic acids is 1. The molecule has 0 saturated heterocycles. The fourth-order valence-corrected chi connectivity index (χ4v) is 1.87. The minimum absolute atomic E-state index is 0.282. The van der Waals surface area contributed by atoms with E-state index in [0.717, 1.165) is 29.7 Å². The van der Waals surface area contributed by atoms with Crippen LogP contribution in [0, 0.1) is 0 Å². The molecule has 0 radical (unpaired) electrons. The number of ether oxygens (including phenoxy) is 1. The van der Waals surface area contributed by atoms with Gasteiger partial charge in [-0.15, -0.1) is 0 Å². The van der Waals surface area contributed by atoms with E-state index in [1.54, 1.807) is 6.07 Å². The molecule has 1 aromatic carbocycles. The Morgan fingerprint density at radius 2 is 2.11 bits per heavy atom. The van der Waals surface area contributed by atoms with Crippen molar-refractivity contribution in [3.8, 4) is 5.75 Å². The number of rotatable bonds is 6. The number of primary amides is 1. The van der Waals surface area contributed by atoms with Crippen LogP contribution in [-0.4, -0.2) is 17.5 Å². The lowest BCUT2D eigenvalue weighted by atomic mass is 10.2. The van der Waals surface area contributed by atoms with Crippen molar-refractivity contribution < 1.29 is 9.53 Å². The molecule has 4 nitrogen and oxygen atoms in total. The fourth-order valence-electron chi connectivity index (χ4n) is 1.87. The lowest BCUT2D eigenvalue weighted by Gasteiger charge is -2.07. The van der Waals surface area contributed by atoms with Crippen molar-refractivity contribution >= 4 is 16.8 Å². The van der Waals surface area contributed by atoms with Gasteiger partial charge in [0.1, 0.15) is 11.4 Å². The average Bonchev–Trinajstić information content (AvgIpc) is 2.43. The van der Waals surface area contributed by atoms with Gasteiger partial charge >= 0.3 is 0 Å². The van der Waals surface area contributed by atoms with Gasteiger partial charge < -0.3 is 10.5 Å². The maximum Gasteiger partial charge on any atom is 0.267 e. The molecule has 2 rings (SSSR count). The van der Waals surface area contributed by atoms with Crippen molar-refractivity contribution in [2.75, 3.05) is 6.61 Å². The molecule has 2 N–H and O–H groups in total. The summed E-state index contributed by atoms with van der Waals surface area (Å²) in [5.74, 6) is 0.319. The zero-order valence-corrected chi connectivity index (χ0v) is 11.1. The number of carbonyl (C=O) groups is 1. The van der Waals surface area contributed by atoms with Gasteiger partial charge in [-0.3, -0.25) is 4.79 Å². The Morgan fingerprint density at radius 1 is 1.26 bits per heavy atom. The zero-order valence-electron chi connectivity index (χ0n) is 11.1. The van der Waals surface area contributed by atoms with Gasteiger partial charge in [-0.2, -0.15) is 0 Å². The third-order valence-electron chi connectivity index (χ3n) is 2.93. The number of nitrogens with zero attached hydrogens (tertiary/aromatic N) is 1. The molecule has 0 aliphatic heterocycles. The molecule has 100 valence electrons. The van der Waals surface area contributed by atoms with Gasteiger partial charge in [0.15, 0.2) is 0 Å². The molecule has 0 atom stereocenters. The molecule has 1 heterocycles. The summed E-state index contributed by atoms with van der Waals surface area (Å²) in [6.07, 6.45) is 3.42. The Morgan fingerprint density at radius 3 is 2.84 bits per heavy atom. The second-order valence-electron chi connectivity index (χ2n) is 4.47. The number of amides is 1. The van der Waals surface area contributed by atoms with E-state index in [9.17, 15) is 4.79 Å². The summed E-state index contributed by atoms with van der Waals surface area (Å²) < 4.78 is 5.67. The normalized spacial score (nSPS) is 10.6. The van der Waals surface area contributed by atoms with Crippen LogP contribution in [0.1, 0.15) is 36.7 Å². The first-order chi connectivity index (χ1) is 9.20. The van der Waals surface area contributed by atoms with Gasteiger partial charge in [0, 0.05) is 5.39 Å². The van der Waals surface area contributed by atoms with E-state index < -0.39 is 5.91 Å². The minimum Gasteiger partial charge on any atom is -0.494 e. The Labute approximate surface area is 112 Å². The number of benzene rings is 1. The maximum atomic E-state index is 11.0. The van der Waals surface area contributed by atoms with Crippen LogP contribution in [0.2, 0.25) is 0 Å². The zero-order chi connectivity index (χ0) is 13.7. The van der Waals surface area contributed by atoms with Crippen LogP contribution >= 0.6 is 0 Å². The molecular weight excluding hydrogens is 240 g/mol. The van der Waals surface area contributed by atoms with Crippen LogP contribution in [0.25, 0.3) is 10.9 Å². The molecule has 0 fully saturated rings. The lowest BCUT2D eigenvalue weighted by molar-refractivity contribution is 0.0996. The van der Waals surface area contributed by atoms with Gasteiger partial charge in [0.2, 0.25) is 0 Å². The van der Waals surface area contributed by atoms with E-state index in [0.29, 0.717) is 0 Å². The Kier molecular flexibility index (Phi) is 4.34. The molecule has 19 heavy (non-hydrogen) atoms. The van der Waals surface area contributed by atoms with Crippen molar-refractivity contribution in [1.82, 2.24) is 4.98 Å². The topological polar surface area (TPSA) is 65.2 Å². The molecule has 4 heteroatoms. The predicted octanol–water partition coefficient (Wildman–Crippen LogP) is 2.90. The van der Waals surface area contributed by atoms with Crippen LogP contribution in [0.3, 0.4) is 0 Å². The monoisotopic (exact) mass is 258 g/mol. The van der Waals surface area contributed by atoms with E-state index in [1.807, 2.05) is 24.3 Å². The quantitative estimate of drug-likeness (QED) is 0.810. The molecule has 0 bridgehead atoms. The SMILES string of the molecule is CCCCCOc1ccc2nc(C(N)=O)ccc2c1. The fraction of sp³-hybridized carbons (Fsp3) is 0.333. The molecule has 1 amide bonds. The van der Waals surface area contributed by atoms with E-state index in [4.69, 9.17) is 10.5 Å². The largest absolute Gasteiger partial charge is 0.494 e. The number of fused-ring (bicyclic) bond motifs is 1. The van der Waals surface area contributed by atoms with Crippen molar-refractivity contribution in [1.29, 1.82) is 0 Å². The van der Waals surface area contributed by atoms with Gasteiger partial charge in [0.25, 0.3) is 5.91 Å². The van der Waals surface area contributed by atoms with E-state index in [-0.39, 0.29) is 5.69 Å². The summed E-state index contributed by atoms with van der Waals surface area (Å²) in [6.45, 7) is 2.89. The van der Waals surface area contributed by atoms with Crippen molar-refractivity contribution in [2.45, 2.75) is 26.2 Å². The first kappa shape index (κ1) is 13.3. The molecule has 1 aromatic heterocycles. The summed E-state index contributed by atoms with van der Waals surface area (Å²) in [5.41, 5.74) is 6.23. The van der Waals surface area contributed by atoms with E-state index in [2.05, 4.69) is 11.9 Å². The molecule has 2 aromatic rings. The predicted molar refractivity (Wildman–Crippen MR) is 75.3 cm³/mol. The van der Waals surface area contributed by atoms with Gasteiger partial charge in [-0.05, 0) is 30.7 Å². The Balaban J connectivity index is 2.12. The second-order valence-corrected chi connectivity index (χ2v) is 4.47. The summed E-state index contributed by atoms with van der Waals surface area (Å²) in [7, 11) is 0. The van der Waals surface area contributed by atoms with Crippen LogP contribution in [0.4, 0.5) is 0 Å². The van der Waals surface area contributed by atoms with Crippen molar-refractivity contribution in [2.24, 2.45) is 5.73 Å². The number of hydrogen-bond acceptors (Lipinski definition) is 3. The highest BCUT2D eigenvalue weighted by molar-refractivity contribution is 5.93. The lowest BCUT2D eigenvalue weighted by Crippen LogP contribution is -2.12. The summed E-state index contributed by atoms with van der Waals surface area (Å²) >= 11 is 0. The third-order valence-corrected chi connectivity index (χ3v) is 2.93. The van der Waals surface area contributed by atoms with Crippen molar-refractivity contribution in [3.05, 3.63) is 36.0 Å². The van der Waals surface area contributed by atoms with Crippen LogP contribution in [0.5, 0.6) is 5.75 Å². The van der Waals surface area contributed by atoms with E-state index >= 15 is 0 Å². The standard InChI is InChI=1S/C15H18N2O2/c1-2-3-4-9-19-12-6-8-13-11(10-12)5-7-14(17-13)15(16)18/h5-8,10H,2-4,9H2,1H3,(H2,16,18). The summed E-state index contributed by atoms with van der Waals surface area (Å²) in [4.78, 5) is 15.2. The summed E-state index contributed by atoms with van der Waals surface area (Å²) in [6, 6.07) is 9.11. The first-order valence-electron chi connectivity index (χ1n) is 6.54. The number of aromatic nitrogens is 1. The number of hydrogen-bond donors (Lipinski definition) is 1. The van der Waals surface area contributed by atoms with Crippen LogP contribution in [0.15, 0.2) is 30.3 Å². The average molecular weight is 258 g/mol. The van der Waals surface area contributed by atoms with Crippen LogP contribution < -0.4 is 10.5 Å². The Hall–Kier alpha value is -2.10. The molecule has 0 saturated carbocycles. The van der Waals surface area contributed by atoms with Gasteiger partial charge in [-0.1, -0.05) is 25.8 Å². The Bertz CT molecular complexity index is 581. The number of pyridine rings is 1. The second kappa shape index (κ2) is 6.18. The smallest absolute Gasteiger partial charge is 0.267 e. The minimum atomic E-state index is -0.512. The summed E-state index contributed by atoms with van der Waals surface area (Å²) in [5, 5.41) is 0.943. The van der Waals surface area contributed by atoms with Gasteiger partial charge in [-0.25, -0.2) is 4.98 Å².